The average molecular weight is 482 g/mol. The topological polar surface area (TPSA) is 108 Å². The van der Waals surface area contributed by atoms with Crippen molar-refractivity contribution in [2.45, 2.75) is 39.7 Å². The summed E-state index contributed by atoms with van der Waals surface area (Å²) in [5, 5.41) is 16.9. The minimum absolute atomic E-state index is 0.0621. The Kier molecular flexibility index (Phi) is 7.21. The van der Waals surface area contributed by atoms with E-state index in [1.54, 1.807) is 42.5 Å². The highest BCUT2D eigenvalue weighted by molar-refractivity contribution is 7.92. The quantitative estimate of drug-likeness (QED) is 0.346. The predicted molar refractivity (Wildman–Crippen MR) is 138 cm³/mol. The molecule has 0 radical (unpaired) electrons. The first kappa shape index (κ1) is 25.1. The molecule has 3 rings (SSSR count). The van der Waals surface area contributed by atoms with Gasteiger partial charge >= 0.3 is 0 Å². The molecule has 0 bridgehead atoms. The molecular formula is C26H31N3O4S. The second-order valence-electron chi connectivity index (χ2n) is 9.39. The molecule has 7 nitrogen and oxygen atoms in total. The van der Waals surface area contributed by atoms with Crippen molar-refractivity contribution in [2.24, 2.45) is 0 Å². The second kappa shape index (κ2) is 9.77. The summed E-state index contributed by atoms with van der Waals surface area (Å²) in [5.41, 5.74) is 4.13. The molecule has 0 fully saturated rings. The van der Waals surface area contributed by atoms with Crippen molar-refractivity contribution in [1.82, 2.24) is 0 Å². The highest BCUT2D eigenvalue weighted by atomic mass is 32.2. The maximum atomic E-state index is 13.1. The number of phenols is 1. The number of phenolic OH excluding ortho intramolecular Hbond substituents is 1. The monoisotopic (exact) mass is 481 g/mol. The number of aryl methyl sites for hydroxylation is 1. The van der Waals surface area contributed by atoms with Gasteiger partial charge in [0.25, 0.3) is 5.91 Å². The number of hydrogen-bond acceptors (Lipinski definition) is 5. The molecule has 0 saturated carbocycles. The Morgan fingerprint density at radius 3 is 2.35 bits per heavy atom. The Morgan fingerprint density at radius 1 is 0.971 bits per heavy atom. The fraction of sp³-hybridized carbons (Fsp3) is 0.269. The van der Waals surface area contributed by atoms with Crippen LogP contribution in [0.15, 0.2) is 60.7 Å². The maximum Gasteiger partial charge on any atom is 0.257 e. The fourth-order valence-corrected chi connectivity index (χ4v) is 4.18. The van der Waals surface area contributed by atoms with Crippen LogP contribution >= 0.6 is 0 Å². The third-order valence-electron chi connectivity index (χ3n) is 5.20. The molecule has 0 aliphatic carbocycles. The van der Waals surface area contributed by atoms with Gasteiger partial charge in [-0.25, -0.2) is 8.42 Å². The van der Waals surface area contributed by atoms with Gasteiger partial charge in [0.2, 0.25) is 10.0 Å². The van der Waals surface area contributed by atoms with Crippen molar-refractivity contribution in [3.8, 4) is 5.75 Å². The molecule has 4 N–H and O–H groups in total. The molecule has 180 valence electrons. The minimum Gasteiger partial charge on any atom is -0.505 e. The molecule has 0 aliphatic heterocycles. The molecule has 1 amide bonds. The number of para-hydroxylation sites is 1. The van der Waals surface area contributed by atoms with E-state index in [4.69, 9.17) is 0 Å². The van der Waals surface area contributed by atoms with Crippen LogP contribution in [0, 0.1) is 6.92 Å². The summed E-state index contributed by atoms with van der Waals surface area (Å²) in [6, 6.07) is 17.8. The molecule has 3 aromatic carbocycles. The molecule has 0 unspecified atom stereocenters. The van der Waals surface area contributed by atoms with Gasteiger partial charge in [0.15, 0.2) is 0 Å². The van der Waals surface area contributed by atoms with E-state index in [0.717, 1.165) is 22.9 Å². The molecule has 8 heteroatoms. The van der Waals surface area contributed by atoms with E-state index >= 15 is 0 Å². The maximum absolute atomic E-state index is 13.1. The number of rotatable bonds is 7. The molecule has 0 saturated heterocycles. The van der Waals surface area contributed by atoms with Crippen LogP contribution in [0.1, 0.15) is 47.8 Å². The van der Waals surface area contributed by atoms with Crippen LogP contribution < -0.4 is 15.4 Å². The summed E-state index contributed by atoms with van der Waals surface area (Å²) in [7, 11) is -3.37. The third-order valence-corrected chi connectivity index (χ3v) is 5.80. The van der Waals surface area contributed by atoms with E-state index in [0.29, 0.717) is 29.2 Å². The van der Waals surface area contributed by atoms with E-state index < -0.39 is 10.0 Å². The minimum atomic E-state index is -3.37. The van der Waals surface area contributed by atoms with Gasteiger partial charge in [0.05, 0.1) is 17.5 Å². The second-order valence-corrected chi connectivity index (χ2v) is 11.1. The van der Waals surface area contributed by atoms with Gasteiger partial charge in [-0.1, -0.05) is 51.1 Å². The normalized spacial score (nSPS) is 11.7. The zero-order valence-electron chi connectivity index (χ0n) is 20.1. The first-order chi connectivity index (χ1) is 15.8. The number of sulfonamides is 1. The molecule has 0 aromatic heterocycles. The lowest BCUT2D eigenvalue weighted by atomic mass is 9.85. The zero-order valence-corrected chi connectivity index (χ0v) is 20.9. The molecule has 0 aliphatic rings. The largest absolute Gasteiger partial charge is 0.505 e. The smallest absolute Gasteiger partial charge is 0.257 e. The summed E-state index contributed by atoms with van der Waals surface area (Å²) in [4.78, 5) is 13.1. The van der Waals surface area contributed by atoms with Gasteiger partial charge in [-0.15, -0.1) is 0 Å². The van der Waals surface area contributed by atoms with Crippen LogP contribution in [0.5, 0.6) is 5.75 Å². The first-order valence-corrected chi connectivity index (χ1v) is 12.8. The van der Waals surface area contributed by atoms with Crippen molar-refractivity contribution in [3.63, 3.8) is 0 Å². The number of benzene rings is 3. The first-order valence-electron chi connectivity index (χ1n) is 10.9. The highest BCUT2D eigenvalue weighted by Gasteiger charge is 2.22. The summed E-state index contributed by atoms with van der Waals surface area (Å²) < 4.78 is 25.4. The van der Waals surface area contributed by atoms with E-state index in [9.17, 15) is 18.3 Å². The van der Waals surface area contributed by atoms with E-state index in [2.05, 4.69) is 15.4 Å². The number of nitrogens with one attached hydrogen (secondary N) is 3. The number of anilines is 3. The van der Waals surface area contributed by atoms with Crippen molar-refractivity contribution in [3.05, 3.63) is 82.9 Å². The third kappa shape index (κ3) is 6.51. The van der Waals surface area contributed by atoms with Gasteiger partial charge in [-0.3, -0.25) is 9.52 Å². The summed E-state index contributed by atoms with van der Waals surface area (Å²) in [6.45, 7) is 8.33. The van der Waals surface area contributed by atoms with Crippen LogP contribution in [0.2, 0.25) is 0 Å². The van der Waals surface area contributed by atoms with E-state index in [1.165, 1.54) is 0 Å². The zero-order chi connectivity index (χ0) is 25.1. The number of carbonyl (C=O) groups is 1. The number of carbonyl (C=O) groups excluding carboxylic acids is 1. The summed E-state index contributed by atoms with van der Waals surface area (Å²) in [5.74, 6) is -0.288. The molecule has 34 heavy (non-hydrogen) atoms. The molecule has 0 atom stereocenters. The standard InChI is InChI=1S/C26H31N3O4S/c1-17-13-21(26(2,3)4)24(30)23(14-17)28-25(31)20-11-6-7-12-22(20)27-16-18-9-8-10-19(15-18)29-34(5,32)33/h6-15,27,29-30H,16H2,1-5H3,(H,28,31). The Hall–Kier alpha value is -3.52. The summed E-state index contributed by atoms with van der Waals surface area (Å²) >= 11 is 0. The number of hydrogen-bond donors (Lipinski definition) is 4. The van der Waals surface area contributed by atoms with E-state index in [1.807, 2.05) is 45.9 Å². The molecular weight excluding hydrogens is 450 g/mol. The van der Waals surface area contributed by atoms with Crippen molar-refractivity contribution in [1.29, 1.82) is 0 Å². The van der Waals surface area contributed by atoms with E-state index in [-0.39, 0.29) is 17.1 Å². The SMILES string of the molecule is Cc1cc(NC(=O)c2ccccc2NCc2cccc(NS(C)(=O)=O)c2)c(O)c(C(C)(C)C)c1. The Balaban J connectivity index is 1.81. The van der Waals surface area contributed by atoms with Gasteiger partial charge < -0.3 is 15.7 Å². The van der Waals surface area contributed by atoms with Gasteiger partial charge in [0.1, 0.15) is 5.75 Å². The summed E-state index contributed by atoms with van der Waals surface area (Å²) in [6.07, 6.45) is 1.10. The van der Waals surface area contributed by atoms with Crippen LogP contribution in [0.3, 0.4) is 0 Å². The average Bonchev–Trinajstić information content (AvgIpc) is 2.73. The number of amides is 1. The molecule has 3 aromatic rings. The van der Waals surface area contributed by atoms with Crippen molar-refractivity contribution < 1.29 is 18.3 Å². The van der Waals surface area contributed by atoms with Crippen LogP contribution in [-0.4, -0.2) is 25.7 Å². The van der Waals surface area contributed by atoms with Gasteiger partial charge in [0, 0.05) is 23.5 Å². The van der Waals surface area contributed by atoms with Crippen molar-refractivity contribution >= 4 is 33.0 Å². The van der Waals surface area contributed by atoms with Crippen LogP contribution in [0.25, 0.3) is 0 Å². The highest BCUT2D eigenvalue weighted by Crippen LogP contribution is 2.37. The van der Waals surface area contributed by atoms with Gasteiger partial charge in [-0.2, -0.15) is 0 Å². The number of aromatic hydroxyl groups is 1. The van der Waals surface area contributed by atoms with Crippen molar-refractivity contribution in [2.75, 3.05) is 21.6 Å². The molecule has 0 spiro atoms. The fourth-order valence-electron chi connectivity index (χ4n) is 3.63. The Bertz CT molecular complexity index is 1310. The van der Waals surface area contributed by atoms with Gasteiger partial charge in [-0.05, 0) is 53.8 Å². The lowest BCUT2D eigenvalue weighted by Gasteiger charge is -2.23. The Labute approximate surface area is 201 Å². The van der Waals surface area contributed by atoms with Crippen LogP contribution in [-0.2, 0) is 22.0 Å². The predicted octanol–water partition coefficient (Wildman–Crippen LogP) is 5.23. The lowest BCUT2D eigenvalue weighted by molar-refractivity contribution is 0.102. The molecule has 0 heterocycles. The Morgan fingerprint density at radius 2 is 1.68 bits per heavy atom. The van der Waals surface area contributed by atoms with Crippen LogP contribution in [0.4, 0.5) is 17.1 Å². The lowest BCUT2D eigenvalue weighted by Crippen LogP contribution is -2.17.